The molecule has 0 aromatic heterocycles. The second kappa shape index (κ2) is 19.0. The molecule has 3 heteroatoms. The minimum Gasteiger partial charge on any atom is -0.0940 e. The molecule has 0 spiro atoms. The van der Waals surface area contributed by atoms with E-state index >= 15 is 0 Å². The molecule has 0 saturated carbocycles. The van der Waals surface area contributed by atoms with E-state index in [1.807, 2.05) is 0 Å². The number of rotatable bonds is 16. The molecule has 30 heavy (non-hydrogen) atoms. The SMILES string of the molecule is CC(C)=CCC/C(C)=C/CC/C(C)=C/CC/C=C(\C)CC/C=C(\C)CCCN=[N+]=[N-]. The van der Waals surface area contributed by atoms with Crippen molar-refractivity contribution in [1.29, 1.82) is 0 Å². The summed E-state index contributed by atoms with van der Waals surface area (Å²) < 4.78 is 0. The highest BCUT2D eigenvalue weighted by molar-refractivity contribution is 5.07. The zero-order chi connectivity index (χ0) is 22.6. The smallest absolute Gasteiger partial charge is 0.0260 e. The van der Waals surface area contributed by atoms with Gasteiger partial charge in [0.25, 0.3) is 0 Å². The summed E-state index contributed by atoms with van der Waals surface area (Å²) in [5.74, 6) is 0. The van der Waals surface area contributed by atoms with Crippen molar-refractivity contribution in [3.05, 3.63) is 68.7 Å². The summed E-state index contributed by atoms with van der Waals surface area (Å²) in [5.41, 5.74) is 15.6. The van der Waals surface area contributed by atoms with E-state index in [-0.39, 0.29) is 0 Å². The van der Waals surface area contributed by atoms with E-state index in [2.05, 4.69) is 81.9 Å². The van der Waals surface area contributed by atoms with Gasteiger partial charge < -0.3 is 0 Å². The van der Waals surface area contributed by atoms with Crippen molar-refractivity contribution in [2.45, 2.75) is 106 Å². The molecule has 0 aromatic carbocycles. The van der Waals surface area contributed by atoms with E-state index in [0.717, 1.165) is 51.4 Å². The van der Waals surface area contributed by atoms with Gasteiger partial charge in [-0.1, -0.05) is 63.4 Å². The van der Waals surface area contributed by atoms with E-state index in [9.17, 15) is 0 Å². The fourth-order valence-electron chi connectivity index (χ4n) is 3.22. The molecular weight excluding hydrogens is 366 g/mol. The molecule has 3 nitrogen and oxygen atoms in total. The zero-order valence-electron chi connectivity index (χ0n) is 20.5. The topological polar surface area (TPSA) is 48.8 Å². The minimum absolute atomic E-state index is 0.597. The summed E-state index contributed by atoms with van der Waals surface area (Å²) in [6.45, 7) is 13.9. The van der Waals surface area contributed by atoms with Crippen molar-refractivity contribution in [3.63, 3.8) is 0 Å². The maximum absolute atomic E-state index is 8.28. The van der Waals surface area contributed by atoms with Gasteiger partial charge in [0.1, 0.15) is 0 Å². The molecule has 0 radical (unpaired) electrons. The highest BCUT2D eigenvalue weighted by atomic mass is 15.1. The average Bonchev–Trinajstić information content (AvgIpc) is 2.68. The number of hydrogen-bond acceptors (Lipinski definition) is 1. The molecule has 0 aliphatic heterocycles. The molecule has 168 valence electrons. The molecule has 0 atom stereocenters. The lowest BCUT2D eigenvalue weighted by atomic mass is 10.0. The number of unbranched alkanes of at least 4 members (excludes halogenated alkanes) is 1. The Hall–Kier alpha value is -1.99. The Bertz CT molecular complexity index is 664. The predicted octanol–water partition coefficient (Wildman–Crippen LogP) is 9.95. The molecule has 0 aliphatic rings. The van der Waals surface area contributed by atoms with Crippen LogP contribution >= 0.6 is 0 Å². The first-order valence-electron chi connectivity index (χ1n) is 11.6. The molecule has 0 bridgehead atoms. The lowest BCUT2D eigenvalue weighted by Crippen LogP contribution is -1.84. The van der Waals surface area contributed by atoms with Crippen LogP contribution in [0.1, 0.15) is 106 Å². The van der Waals surface area contributed by atoms with Crippen molar-refractivity contribution in [2.24, 2.45) is 5.11 Å². The molecule has 0 N–H and O–H groups in total. The first-order chi connectivity index (χ1) is 14.3. The van der Waals surface area contributed by atoms with Crippen LogP contribution < -0.4 is 0 Å². The van der Waals surface area contributed by atoms with E-state index in [4.69, 9.17) is 5.53 Å². The lowest BCUT2D eigenvalue weighted by molar-refractivity contribution is 0.809. The Kier molecular flexibility index (Phi) is 17.7. The van der Waals surface area contributed by atoms with Gasteiger partial charge in [0, 0.05) is 11.5 Å². The second-order valence-electron chi connectivity index (χ2n) is 8.73. The van der Waals surface area contributed by atoms with Crippen LogP contribution in [0.15, 0.2) is 63.4 Å². The van der Waals surface area contributed by atoms with Gasteiger partial charge >= 0.3 is 0 Å². The van der Waals surface area contributed by atoms with Gasteiger partial charge in [0.15, 0.2) is 0 Å². The average molecular weight is 412 g/mol. The molecule has 0 rings (SSSR count). The standard InChI is InChI=1S/C27H45N3/c1-23(2)13-9-16-26(5)19-10-17-24(3)14-7-8-15-25(4)18-11-20-27(6)21-12-22-29-30-28/h13-15,19-20H,7-12,16-18,21-22H2,1-6H3/b24-14+,25-15+,26-19+,27-20+. The van der Waals surface area contributed by atoms with Gasteiger partial charge in [-0.3, -0.25) is 0 Å². The van der Waals surface area contributed by atoms with Gasteiger partial charge in [-0.05, 0) is 111 Å². The summed E-state index contributed by atoms with van der Waals surface area (Å²) in [6.07, 6.45) is 23.0. The third-order valence-electron chi connectivity index (χ3n) is 5.20. The Balaban J connectivity index is 4.02. The minimum atomic E-state index is 0.597. The maximum atomic E-state index is 8.28. The molecular formula is C27H45N3. The summed E-state index contributed by atoms with van der Waals surface area (Å²) >= 11 is 0. The van der Waals surface area contributed by atoms with Gasteiger partial charge in [0.2, 0.25) is 0 Å². The van der Waals surface area contributed by atoms with Gasteiger partial charge in [0.05, 0.1) is 0 Å². The van der Waals surface area contributed by atoms with Crippen molar-refractivity contribution in [1.82, 2.24) is 0 Å². The Morgan fingerprint density at radius 3 is 1.43 bits per heavy atom. The first kappa shape index (κ1) is 28.0. The number of nitrogens with zero attached hydrogens (tertiary/aromatic N) is 3. The molecule has 0 aliphatic carbocycles. The maximum Gasteiger partial charge on any atom is 0.0260 e. The molecule has 0 heterocycles. The molecule has 0 aromatic rings. The Morgan fingerprint density at radius 1 is 0.600 bits per heavy atom. The van der Waals surface area contributed by atoms with Crippen LogP contribution in [0.4, 0.5) is 0 Å². The first-order valence-corrected chi connectivity index (χ1v) is 11.6. The van der Waals surface area contributed by atoms with Crippen LogP contribution in [0.25, 0.3) is 10.4 Å². The summed E-state index contributed by atoms with van der Waals surface area (Å²) in [4.78, 5) is 2.79. The van der Waals surface area contributed by atoms with Crippen molar-refractivity contribution in [2.75, 3.05) is 6.54 Å². The molecule has 0 saturated heterocycles. The normalized spacial score (nSPS) is 13.3. The van der Waals surface area contributed by atoms with E-state index in [1.54, 1.807) is 0 Å². The molecule has 0 unspecified atom stereocenters. The zero-order valence-corrected chi connectivity index (χ0v) is 20.5. The second-order valence-corrected chi connectivity index (χ2v) is 8.73. The fraction of sp³-hybridized carbons (Fsp3) is 0.630. The third kappa shape index (κ3) is 19.3. The number of allylic oxidation sites excluding steroid dienone is 10. The largest absolute Gasteiger partial charge is 0.0940 e. The summed E-state index contributed by atoms with van der Waals surface area (Å²) in [5, 5.41) is 3.58. The van der Waals surface area contributed by atoms with Crippen LogP contribution in [-0.4, -0.2) is 6.54 Å². The molecule has 0 fully saturated rings. The van der Waals surface area contributed by atoms with E-state index in [1.165, 1.54) is 40.7 Å². The summed E-state index contributed by atoms with van der Waals surface area (Å²) in [7, 11) is 0. The monoisotopic (exact) mass is 411 g/mol. The van der Waals surface area contributed by atoms with Gasteiger partial charge in [-0.25, -0.2) is 0 Å². The van der Waals surface area contributed by atoms with Gasteiger partial charge in [-0.2, -0.15) is 0 Å². The third-order valence-corrected chi connectivity index (χ3v) is 5.20. The van der Waals surface area contributed by atoms with E-state index < -0.39 is 0 Å². The summed E-state index contributed by atoms with van der Waals surface area (Å²) in [6, 6.07) is 0. The molecule has 0 amide bonds. The Morgan fingerprint density at radius 2 is 1.00 bits per heavy atom. The van der Waals surface area contributed by atoms with Crippen molar-refractivity contribution < 1.29 is 0 Å². The predicted molar refractivity (Wildman–Crippen MR) is 135 cm³/mol. The van der Waals surface area contributed by atoms with Gasteiger partial charge in [-0.15, -0.1) is 0 Å². The van der Waals surface area contributed by atoms with Crippen molar-refractivity contribution in [3.8, 4) is 0 Å². The number of hydrogen-bond donors (Lipinski definition) is 0. The fourth-order valence-corrected chi connectivity index (χ4v) is 3.22. The van der Waals surface area contributed by atoms with Crippen LogP contribution in [0.3, 0.4) is 0 Å². The van der Waals surface area contributed by atoms with E-state index in [0.29, 0.717) is 6.54 Å². The van der Waals surface area contributed by atoms with Crippen LogP contribution in [0, 0.1) is 0 Å². The van der Waals surface area contributed by atoms with Crippen LogP contribution in [0.2, 0.25) is 0 Å². The van der Waals surface area contributed by atoms with Crippen molar-refractivity contribution >= 4 is 0 Å². The van der Waals surface area contributed by atoms with Crippen LogP contribution in [0.5, 0.6) is 0 Å². The highest BCUT2D eigenvalue weighted by Gasteiger charge is 1.94. The lowest BCUT2D eigenvalue weighted by Gasteiger charge is -2.02. The quantitative estimate of drug-likeness (QED) is 0.0797. The highest BCUT2D eigenvalue weighted by Crippen LogP contribution is 2.14. The number of azide groups is 1. The van der Waals surface area contributed by atoms with Crippen LogP contribution in [-0.2, 0) is 0 Å². The Labute approximate surface area is 186 Å².